The number of halogens is 3. The molecule has 0 aromatic heterocycles. The summed E-state index contributed by atoms with van der Waals surface area (Å²) in [5, 5.41) is 20.3. The van der Waals surface area contributed by atoms with Crippen molar-refractivity contribution in [2.45, 2.75) is 77.3 Å². The maximum Gasteiger partial charge on any atom is 0.449 e. The largest absolute Gasteiger partial charge is 0.504 e. The molecular formula is C22H30F3NO5. The molecule has 1 N–H and O–H groups in total. The topological polar surface area (TPSA) is 89.7 Å². The highest BCUT2D eigenvalue weighted by molar-refractivity contribution is 6.17. The summed E-state index contributed by atoms with van der Waals surface area (Å²) >= 11 is 0. The number of hydrogen-bond donors (Lipinski definition) is 1. The number of nitro benzene ring substituents is 1. The number of unbranched alkanes of at least 4 members (excludes halogenated alkanes) is 9. The first-order chi connectivity index (χ1) is 14.7. The van der Waals surface area contributed by atoms with Crippen LogP contribution in [0.1, 0.15) is 76.7 Å². The van der Waals surface area contributed by atoms with Gasteiger partial charge in [-0.15, -0.1) is 0 Å². The molecule has 0 aliphatic carbocycles. The number of allylic oxidation sites excluding steroid dienone is 1. The first kappa shape index (κ1) is 26.5. The fourth-order valence-electron chi connectivity index (χ4n) is 3.07. The zero-order chi connectivity index (χ0) is 23.3. The molecule has 174 valence electrons. The van der Waals surface area contributed by atoms with E-state index in [1.54, 1.807) is 0 Å². The van der Waals surface area contributed by atoms with Crippen LogP contribution in [0.5, 0.6) is 0 Å². The third kappa shape index (κ3) is 9.85. The van der Waals surface area contributed by atoms with Gasteiger partial charge in [0.2, 0.25) is 5.76 Å². The van der Waals surface area contributed by atoms with Crippen LogP contribution in [0.15, 0.2) is 30.0 Å². The number of nitro groups is 1. The van der Waals surface area contributed by atoms with Gasteiger partial charge in [0.25, 0.3) is 5.69 Å². The summed E-state index contributed by atoms with van der Waals surface area (Å²) in [6.07, 6.45) is 5.40. The van der Waals surface area contributed by atoms with Gasteiger partial charge >= 0.3 is 12.1 Å². The second-order valence-corrected chi connectivity index (χ2v) is 7.34. The average Bonchev–Trinajstić information content (AvgIpc) is 2.71. The number of benzene rings is 1. The third-order valence-electron chi connectivity index (χ3n) is 4.81. The van der Waals surface area contributed by atoms with Gasteiger partial charge in [0.15, 0.2) is 0 Å². The van der Waals surface area contributed by atoms with Crippen molar-refractivity contribution in [3.8, 4) is 0 Å². The van der Waals surface area contributed by atoms with E-state index in [0.29, 0.717) is 6.42 Å². The van der Waals surface area contributed by atoms with Crippen LogP contribution in [-0.2, 0) is 9.53 Å². The zero-order valence-electron chi connectivity index (χ0n) is 17.7. The Morgan fingerprint density at radius 1 is 0.968 bits per heavy atom. The quantitative estimate of drug-likeness (QED) is 0.0841. The molecule has 0 unspecified atom stereocenters. The Morgan fingerprint density at radius 2 is 1.45 bits per heavy atom. The Balaban J connectivity index is 2.56. The maximum absolute atomic E-state index is 13.0. The molecule has 0 bridgehead atoms. The highest BCUT2D eigenvalue weighted by Gasteiger charge is 2.39. The summed E-state index contributed by atoms with van der Waals surface area (Å²) in [5.41, 5.74) is -1.73. The lowest BCUT2D eigenvalue weighted by Gasteiger charge is -2.13. The number of aliphatic hydroxyl groups excluding tert-OH is 1. The summed E-state index contributed by atoms with van der Waals surface area (Å²) in [7, 11) is 0. The predicted molar refractivity (Wildman–Crippen MR) is 112 cm³/mol. The molecule has 1 rings (SSSR count). The molecule has 0 amide bonds. The van der Waals surface area contributed by atoms with E-state index in [-0.39, 0.29) is 17.9 Å². The van der Waals surface area contributed by atoms with Crippen LogP contribution >= 0.6 is 0 Å². The van der Waals surface area contributed by atoms with Gasteiger partial charge in [-0.25, -0.2) is 4.79 Å². The molecule has 0 radical (unpaired) electrons. The minimum atomic E-state index is -5.16. The molecule has 1 aromatic rings. The molecular weight excluding hydrogens is 415 g/mol. The Labute approximate surface area is 180 Å². The standard InChI is InChI=1S/C22H30F3NO5/c1-2-3-4-5-6-7-8-9-10-11-16-31-21(28)19(20(27)22(23,24)25)17-12-14-18(15-13-17)26(29)30/h12-15,27H,2-11,16H2,1H3. The van der Waals surface area contributed by atoms with E-state index in [1.165, 1.54) is 32.1 Å². The van der Waals surface area contributed by atoms with Crippen LogP contribution < -0.4 is 0 Å². The monoisotopic (exact) mass is 445 g/mol. The van der Waals surface area contributed by atoms with Crippen LogP contribution in [0.3, 0.4) is 0 Å². The first-order valence-electron chi connectivity index (χ1n) is 10.6. The number of nitrogens with zero attached hydrogens (tertiary/aromatic N) is 1. The number of rotatable bonds is 14. The number of carbonyl (C=O) groups is 1. The van der Waals surface area contributed by atoms with Crippen molar-refractivity contribution >= 4 is 17.2 Å². The smallest absolute Gasteiger partial charge is 0.449 e. The van der Waals surface area contributed by atoms with Crippen molar-refractivity contribution in [3.05, 3.63) is 45.7 Å². The third-order valence-corrected chi connectivity index (χ3v) is 4.81. The van der Waals surface area contributed by atoms with Crippen molar-refractivity contribution in [1.29, 1.82) is 0 Å². The number of esters is 1. The highest BCUT2D eigenvalue weighted by atomic mass is 19.4. The van der Waals surface area contributed by atoms with Gasteiger partial charge in [0.1, 0.15) is 5.57 Å². The molecule has 9 heteroatoms. The predicted octanol–water partition coefficient (Wildman–Crippen LogP) is 6.89. The minimum Gasteiger partial charge on any atom is -0.504 e. The summed E-state index contributed by atoms with van der Waals surface area (Å²) in [4.78, 5) is 22.2. The summed E-state index contributed by atoms with van der Waals surface area (Å²) in [5.74, 6) is -3.41. The van der Waals surface area contributed by atoms with Crippen molar-refractivity contribution in [2.24, 2.45) is 0 Å². The van der Waals surface area contributed by atoms with Gasteiger partial charge in [0.05, 0.1) is 11.5 Å². The molecule has 0 aliphatic rings. The normalized spacial score (nSPS) is 12.4. The number of carbonyl (C=O) groups excluding carboxylic acids is 1. The van der Waals surface area contributed by atoms with Crippen LogP contribution in [0.2, 0.25) is 0 Å². The van der Waals surface area contributed by atoms with Crippen molar-refractivity contribution < 1.29 is 32.7 Å². The van der Waals surface area contributed by atoms with Crippen molar-refractivity contribution in [2.75, 3.05) is 6.61 Å². The zero-order valence-corrected chi connectivity index (χ0v) is 17.7. The summed E-state index contributed by atoms with van der Waals surface area (Å²) in [6.45, 7) is 2.10. The summed E-state index contributed by atoms with van der Waals surface area (Å²) < 4.78 is 43.9. The number of alkyl halides is 3. The number of non-ortho nitro benzene ring substituents is 1. The number of ether oxygens (including phenoxy) is 1. The molecule has 1 aromatic carbocycles. The van der Waals surface area contributed by atoms with Crippen LogP contribution in [0.25, 0.3) is 5.57 Å². The Morgan fingerprint density at radius 3 is 1.90 bits per heavy atom. The van der Waals surface area contributed by atoms with Gasteiger partial charge in [-0.2, -0.15) is 13.2 Å². The first-order valence-corrected chi connectivity index (χ1v) is 10.6. The van der Waals surface area contributed by atoms with Crippen LogP contribution in [0, 0.1) is 10.1 Å². The lowest BCUT2D eigenvalue weighted by molar-refractivity contribution is -0.384. The van der Waals surface area contributed by atoms with Crippen molar-refractivity contribution in [3.63, 3.8) is 0 Å². The van der Waals surface area contributed by atoms with Gasteiger partial charge in [0, 0.05) is 12.1 Å². The number of aliphatic hydroxyl groups is 1. The Bertz CT molecular complexity index is 730. The Kier molecular flexibility index (Phi) is 11.7. The molecule has 0 aliphatic heterocycles. The van der Waals surface area contributed by atoms with Gasteiger partial charge in [-0.1, -0.05) is 64.7 Å². The molecule has 0 heterocycles. The van der Waals surface area contributed by atoms with E-state index in [2.05, 4.69) is 6.92 Å². The van der Waals surface area contributed by atoms with Gasteiger partial charge in [-0.05, 0) is 24.1 Å². The highest BCUT2D eigenvalue weighted by Crippen LogP contribution is 2.32. The van der Waals surface area contributed by atoms with E-state index >= 15 is 0 Å². The lowest BCUT2D eigenvalue weighted by atomic mass is 10.0. The molecule has 0 atom stereocenters. The molecule has 0 saturated heterocycles. The molecule has 0 spiro atoms. The Hall–Kier alpha value is -2.58. The molecule has 31 heavy (non-hydrogen) atoms. The molecule has 6 nitrogen and oxygen atoms in total. The van der Waals surface area contributed by atoms with Gasteiger partial charge in [-0.3, -0.25) is 10.1 Å². The minimum absolute atomic E-state index is 0.0725. The van der Waals surface area contributed by atoms with Gasteiger partial charge < -0.3 is 9.84 Å². The van der Waals surface area contributed by atoms with Crippen molar-refractivity contribution in [1.82, 2.24) is 0 Å². The fraction of sp³-hybridized carbons (Fsp3) is 0.591. The van der Waals surface area contributed by atoms with E-state index in [4.69, 9.17) is 4.74 Å². The molecule has 0 saturated carbocycles. The van der Waals surface area contributed by atoms with E-state index in [9.17, 15) is 33.2 Å². The second kappa shape index (κ2) is 13.7. The molecule has 0 fully saturated rings. The average molecular weight is 445 g/mol. The SMILES string of the molecule is CCCCCCCCCCCCOC(=O)C(=C(O)C(F)(F)F)c1ccc([N+](=O)[O-])cc1. The van der Waals surface area contributed by atoms with E-state index < -0.39 is 28.4 Å². The summed E-state index contributed by atoms with van der Waals surface area (Å²) in [6, 6.07) is 3.84. The van der Waals surface area contributed by atoms with Crippen LogP contribution in [-0.4, -0.2) is 28.8 Å². The maximum atomic E-state index is 13.0. The fourth-order valence-corrected chi connectivity index (χ4v) is 3.07. The van der Waals surface area contributed by atoms with E-state index in [0.717, 1.165) is 49.9 Å². The van der Waals surface area contributed by atoms with Crippen LogP contribution in [0.4, 0.5) is 18.9 Å². The lowest BCUT2D eigenvalue weighted by Crippen LogP contribution is -2.19. The number of hydrogen-bond acceptors (Lipinski definition) is 5. The van der Waals surface area contributed by atoms with E-state index in [1.807, 2.05) is 0 Å². The second-order valence-electron chi connectivity index (χ2n) is 7.34.